The summed E-state index contributed by atoms with van der Waals surface area (Å²) in [6.45, 7) is 4.73. The zero-order chi connectivity index (χ0) is 16.9. The standard InChI is InChI=1S/C19H24N2O2.ClH/c1-4-23-17-13-9-8-10-15(17)14-21(3)18(22)19(2,20)16-11-6-5-7-12-16;/h5-13H,4,14,20H2,1-3H3;1H. The molecule has 0 heterocycles. The largest absolute Gasteiger partial charge is 0.494 e. The minimum atomic E-state index is -1.06. The molecule has 0 bridgehead atoms. The number of nitrogens with two attached hydrogens (primary N) is 1. The summed E-state index contributed by atoms with van der Waals surface area (Å²) in [4.78, 5) is 14.4. The van der Waals surface area contributed by atoms with Gasteiger partial charge in [0.1, 0.15) is 11.3 Å². The number of amides is 1. The van der Waals surface area contributed by atoms with Crippen molar-refractivity contribution in [3.8, 4) is 5.75 Å². The molecule has 0 aliphatic carbocycles. The molecular formula is C19H25ClN2O2. The van der Waals surface area contributed by atoms with Crippen molar-refractivity contribution in [2.45, 2.75) is 25.9 Å². The Kier molecular flexibility index (Phi) is 7.26. The highest BCUT2D eigenvalue weighted by Gasteiger charge is 2.33. The van der Waals surface area contributed by atoms with Gasteiger partial charge in [0.2, 0.25) is 5.91 Å². The third-order valence-electron chi connectivity index (χ3n) is 3.84. The third-order valence-corrected chi connectivity index (χ3v) is 3.84. The van der Waals surface area contributed by atoms with E-state index in [0.29, 0.717) is 13.2 Å². The summed E-state index contributed by atoms with van der Waals surface area (Å²) in [5, 5.41) is 0. The number of para-hydroxylation sites is 1. The number of rotatable bonds is 6. The average molecular weight is 349 g/mol. The molecule has 24 heavy (non-hydrogen) atoms. The quantitative estimate of drug-likeness (QED) is 0.871. The lowest BCUT2D eigenvalue weighted by Crippen LogP contribution is -2.49. The van der Waals surface area contributed by atoms with Crippen LogP contribution in [-0.4, -0.2) is 24.5 Å². The van der Waals surface area contributed by atoms with E-state index in [2.05, 4.69) is 0 Å². The number of hydrogen-bond donors (Lipinski definition) is 1. The number of carbonyl (C=O) groups excluding carboxylic acids is 1. The molecule has 0 saturated heterocycles. The second kappa shape index (κ2) is 8.71. The molecule has 1 unspecified atom stereocenters. The monoisotopic (exact) mass is 348 g/mol. The van der Waals surface area contributed by atoms with Gasteiger partial charge in [-0.15, -0.1) is 12.4 Å². The average Bonchev–Trinajstić information content (AvgIpc) is 2.57. The molecule has 0 fully saturated rings. The van der Waals surface area contributed by atoms with Crippen molar-refractivity contribution in [2.75, 3.05) is 13.7 Å². The number of carbonyl (C=O) groups is 1. The topological polar surface area (TPSA) is 55.6 Å². The zero-order valence-electron chi connectivity index (χ0n) is 14.4. The summed E-state index contributed by atoms with van der Waals surface area (Å²) in [7, 11) is 1.76. The van der Waals surface area contributed by atoms with E-state index in [0.717, 1.165) is 16.9 Å². The predicted molar refractivity (Wildman–Crippen MR) is 99.3 cm³/mol. The Morgan fingerprint density at radius 3 is 2.33 bits per heavy atom. The maximum Gasteiger partial charge on any atom is 0.247 e. The molecule has 0 aliphatic heterocycles. The second-order valence-corrected chi connectivity index (χ2v) is 5.77. The van der Waals surface area contributed by atoms with Gasteiger partial charge >= 0.3 is 0 Å². The van der Waals surface area contributed by atoms with E-state index >= 15 is 0 Å². The van der Waals surface area contributed by atoms with Crippen molar-refractivity contribution in [1.82, 2.24) is 4.90 Å². The van der Waals surface area contributed by atoms with Gasteiger partial charge in [-0.3, -0.25) is 4.79 Å². The van der Waals surface area contributed by atoms with Crippen LogP contribution in [0.25, 0.3) is 0 Å². The highest BCUT2D eigenvalue weighted by atomic mass is 35.5. The Morgan fingerprint density at radius 2 is 1.71 bits per heavy atom. The second-order valence-electron chi connectivity index (χ2n) is 5.77. The van der Waals surface area contributed by atoms with Gasteiger partial charge in [-0.2, -0.15) is 0 Å². The van der Waals surface area contributed by atoms with E-state index in [-0.39, 0.29) is 18.3 Å². The van der Waals surface area contributed by atoms with Gasteiger partial charge in [0, 0.05) is 19.2 Å². The SMILES string of the molecule is CCOc1ccccc1CN(C)C(=O)C(C)(N)c1ccccc1.Cl. The summed E-state index contributed by atoms with van der Waals surface area (Å²) >= 11 is 0. The van der Waals surface area contributed by atoms with Gasteiger partial charge in [0.15, 0.2) is 0 Å². The highest BCUT2D eigenvalue weighted by Crippen LogP contribution is 2.23. The van der Waals surface area contributed by atoms with Gasteiger partial charge in [-0.1, -0.05) is 48.5 Å². The fraction of sp³-hybridized carbons (Fsp3) is 0.316. The van der Waals surface area contributed by atoms with Crippen LogP contribution >= 0.6 is 12.4 Å². The molecule has 0 radical (unpaired) electrons. The minimum Gasteiger partial charge on any atom is -0.494 e. The molecule has 1 amide bonds. The fourth-order valence-electron chi connectivity index (χ4n) is 2.56. The lowest BCUT2D eigenvalue weighted by atomic mass is 9.91. The van der Waals surface area contributed by atoms with E-state index in [4.69, 9.17) is 10.5 Å². The molecule has 0 aliphatic rings. The van der Waals surface area contributed by atoms with Gasteiger partial charge in [0.25, 0.3) is 0 Å². The molecular weight excluding hydrogens is 324 g/mol. The number of hydrogen-bond acceptors (Lipinski definition) is 3. The van der Waals surface area contributed by atoms with Crippen LogP contribution in [-0.2, 0) is 16.9 Å². The molecule has 2 aromatic carbocycles. The highest BCUT2D eigenvalue weighted by molar-refractivity contribution is 5.87. The predicted octanol–water partition coefficient (Wildman–Crippen LogP) is 3.34. The summed E-state index contributed by atoms with van der Waals surface area (Å²) in [5.41, 5.74) is 7.02. The van der Waals surface area contributed by atoms with Gasteiger partial charge in [-0.25, -0.2) is 0 Å². The van der Waals surface area contributed by atoms with Crippen molar-refractivity contribution in [3.05, 3.63) is 65.7 Å². The van der Waals surface area contributed by atoms with E-state index in [1.807, 2.05) is 61.5 Å². The van der Waals surface area contributed by atoms with Crippen LogP contribution in [0.4, 0.5) is 0 Å². The van der Waals surface area contributed by atoms with E-state index in [1.165, 1.54) is 0 Å². The number of likely N-dealkylation sites (N-methyl/N-ethyl adjacent to an activating group) is 1. The van der Waals surface area contributed by atoms with E-state index < -0.39 is 5.54 Å². The Balaban J connectivity index is 0.00000288. The molecule has 0 aromatic heterocycles. The molecule has 2 aromatic rings. The van der Waals surface area contributed by atoms with Crippen LogP contribution in [0.5, 0.6) is 5.75 Å². The van der Waals surface area contributed by atoms with Crippen molar-refractivity contribution < 1.29 is 9.53 Å². The van der Waals surface area contributed by atoms with Crippen LogP contribution in [0.3, 0.4) is 0 Å². The van der Waals surface area contributed by atoms with Crippen LogP contribution in [0.15, 0.2) is 54.6 Å². The maximum atomic E-state index is 12.8. The summed E-state index contributed by atoms with van der Waals surface area (Å²) in [5.74, 6) is 0.670. The molecule has 2 rings (SSSR count). The summed E-state index contributed by atoms with van der Waals surface area (Å²) < 4.78 is 5.62. The van der Waals surface area contributed by atoms with E-state index in [1.54, 1.807) is 18.9 Å². The fourth-order valence-corrected chi connectivity index (χ4v) is 2.56. The van der Waals surface area contributed by atoms with Gasteiger partial charge < -0.3 is 15.4 Å². The van der Waals surface area contributed by atoms with Crippen molar-refractivity contribution in [1.29, 1.82) is 0 Å². The molecule has 130 valence electrons. The Bertz CT molecular complexity index is 659. The van der Waals surface area contributed by atoms with Crippen LogP contribution < -0.4 is 10.5 Å². The molecule has 0 spiro atoms. The molecule has 2 N–H and O–H groups in total. The van der Waals surface area contributed by atoms with Gasteiger partial charge in [-0.05, 0) is 25.5 Å². The van der Waals surface area contributed by atoms with Crippen molar-refractivity contribution >= 4 is 18.3 Å². The normalized spacial score (nSPS) is 12.7. The first-order valence-corrected chi connectivity index (χ1v) is 7.77. The lowest BCUT2D eigenvalue weighted by Gasteiger charge is -2.30. The minimum absolute atomic E-state index is 0. The molecule has 0 saturated carbocycles. The van der Waals surface area contributed by atoms with E-state index in [9.17, 15) is 4.79 Å². The number of nitrogens with zero attached hydrogens (tertiary/aromatic N) is 1. The Labute approximate surface area is 150 Å². The van der Waals surface area contributed by atoms with Crippen LogP contribution in [0, 0.1) is 0 Å². The lowest BCUT2D eigenvalue weighted by molar-refractivity contribution is -0.136. The van der Waals surface area contributed by atoms with Crippen molar-refractivity contribution in [3.63, 3.8) is 0 Å². The first-order valence-electron chi connectivity index (χ1n) is 7.77. The Hall–Kier alpha value is -2.04. The maximum absolute atomic E-state index is 12.8. The number of benzene rings is 2. The summed E-state index contributed by atoms with van der Waals surface area (Å²) in [6.07, 6.45) is 0. The number of ether oxygens (including phenoxy) is 1. The number of halogens is 1. The molecule has 5 heteroatoms. The van der Waals surface area contributed by atoms with Crippen molar-refractivity contribution in [2.24, 2.45) is 5.73 Å². The van der Waals surface area contributed by atoms with Crippen LogP contribution in [0.1, 0.15) is 25.0 Å². The molecule has 4 nitrogen and oxygen atoms in total. The summed E-state index contributed by atoms with van der Waals surface area (Å²) in [6, 6.07) is 17.2. The van der Waals surface area contributed by atoms with Gasteiger partial charge in [0.05, 0.1) is 6.61 Å². The first kappa shape index (κ1) is 20.0. The zero-order valence-corrected chi connectivity index (χ0v) is 15.2. The Morgan fingerprint density at radius 1 is 1.12 bits per heavy atom. The van der Waals surface area contributed by atoms with Crippen LogP contribution in [0.2, 0.25) is 0 Å². The smallest absolute Gasteiger partial charge is 0.247 e. The third kappa shape index (κ3) is 4.49. The first-order chi connectivity index (χ1) is 11.0. The molecule has 1 atom stereocenters.